The molecule has 0 spiro atoms. The fourth-order valence-electron chi connectivity index (χ4n) is 1.20. The molecule has 0 bridgehead atoms. The quantitative estimate of drug-likeness (QED) is 0.769. The molecule has 2 aromatic rings. The van der Waals surface area contributed by atoms with Crippen LogP contribution >= 0.6 is 11.3 Å². The highest BCUT2D eigenvalue weighted by Gasteiger charge is 2.05. The topological polar surface area (TPSA) is 76.2 Å². The summed E-state index contributed by atoms with van der Waals surface area (Å²) in [4.78, 5) is 16.6. The van der Waals surface area contributed by atoms with E-state index >= 15 is 0 Å². The molecule has 0 fully saturated rings. The summed E-state index contributed by atoms with van der Waals surface area (Å²) in [6, 6.07) is 3.49. The Kier molecular flexibility index (Phi) is 2.18. The minimum Gasteiger partial charge on any atom is -0.391 e. The molecule has 0 radical (unpaired) electrons. The minimum absolute atomic E-state index is 0.00701. The molecular weight excluding hydrogens is 200 g/mol. The zero-order valence-electron chi connectivity index (χ0n) is 7.23. The Balaban J connectivity index is 2.59. The summed E-state index contributed by atoms with van der Waals surface area (Å²) in [7, 11) is 0. The highest BCUT2D eigenvalue weighted by molar-refractivity contribution is 7.18. The molecule has 5 heteroatoms. The lowest BCUT2D eigenvalue weighted by Gasteiger charge is -1.93. The van der Waals surface area contributed by atoms with E-state index in [-0.39, 0.29) is 6.61 Å². The molecule has 0 aliphatic carbocycles. The monoisotopic (exact) mass is 208 g/mol. The van der Waals surface area contributed by atoms with Gasteiger partial charge in [0.25, 0.3) is 0 Å². The number of aliphatic hydroxyl groups is 1. The number of fused-ring (bicyclic) bond motifs is 1. The Morgan fingerprint density at radius 1 is 1.57 bits per heavy atom. The van der Waals surface area contributed by atoms with Crippen molar-refractivity contribution in [1.82, 2.24) is 4.98 Å². The van der Waals surface area contributed by atoms with E-state index in [1.807, 2.05) is 0 Å². The standard InChI is InChI=1S/C9H8N2O2S/c10-8(13)6-1-5-2-7(4-12)14-9(5)11-3-6/h1-3,12H,4H2,(H2,10,13). The second-order valence-electron chi connectivity index (χ2n) is 2.85. The van der Waals surface area contributed by atoms with Crippen molar-refractivity contribution in [2.75, 3.05) is 0 Å². The van der Waals surface area contributed by atoms with Gasteiger partial charge in [-0.15, -0.1) is 11.3 Å². The summed E-state index contributed by atoms with van der Waals surface area (Å²) in [6.07, 6.45) is 1.45. The third-order valence-electron chi connectivity index (χ3n) is 1.86. The van der Waals surface area contributed by atoms with E-state index in [4.69, 9.17) is 10.8 Å². The number of rotatable bonds is 2. The molecule has 0 aliphatic rings. The average Bonchev–Trinajstić information content (AvgIpc) is 2.58. The summed E-state index contributed by atoms with van der Waals surface area (Å²) >= 11 is 1.40. The van der Waals surface area contributed by atoms with Crippen molar-refractivity contribution in [1.29, 1.82) is 0 Å². The van der Waals surface area contributed by atoms with E-state index in [1.54, 1.807) is 12.1 Å². The molecule has 0 aliphatic heterocycles. The van der Waals surface area contributed by atoms with Crippen LogP contribution in [0.5, 0.6) is 0 Å². The number of hydrogen-bond acceptors (Lipinski definition) is 4. The maximum atomic E-state index is 10.9. The molecule has 2 rings (SSSR count). The molecule has 14 heavy (non-hydrogen) atoms. The SMILES string of the molecule is NC(=O)c1cnc2sc(CO)cc2c1. The minimum atomic E-state index is -0.490. The van der Waals surface area contributed by atoms with E-state index in [0.717, 1.165) is 15.1 Å². The van der Waals surface area contributed by atoms with Crippen LogP contribution < -0.4 is 5.73 Å². The summed E-state index contributed by atoms with van der Waals surface area (Å²) in [5.74, 6) is -0.490. The van der Waals surface area contributed by atoms with Crippen molar-refractivity contribution in [2.45, 2.75) is 6.61 Å². The number of hydrogen-bond donors (Lipinski definition) is 2. The molecule has 0 unspecified atom stereocenters. The van der Waals surface area contributed by atoms with Gasteiger partial charge in [0.2, 0.25) is 5.91 Å². The number of aliphatic hydroxyl groups excluding tert-OH is 1. The average molecular weight is 208 g/mol. The molecule has 2 aromatic heterocycles. The predicted molar refractivity (Wildman–Crippen MR) is 54.1 cm³/mol. The number of amides is 1. The van der Waals surface area contributed by atoms with Crippen molar-refractivity contribution in [3.63, 3.8) is 0 Å². The second-order valence-corrected chi connectivity index (χ2v) is 3.97. The molecule has 0 atom stereocenters. The second kappa shape index (κ2) is 3.36. The Labute approximate surface area is 84.0 Å². The first-order chi connectivity index (χ1) is 6.70. The molecular formula is C9H8N2O2S. The number of primary amides is 1. The fourth-order valence-corrected chi connectivity index (χ4v) is 2.04. The maximum Gasteiger partial charge on any atom is 0.250 e. The van der Waals surface area contributed by atoms with Crippen LogP contribution in [0.25, 0.3) is 10.2 Å². The van der Waals surface area contributed by atoms with Crippen LogP contribution in [-0.4, -0.2) is 16.0 Å². The molecule has 3 N–H and O–H groups in total. The van der Waals surface area contributed by atoms with Crippen LogP contribution in [0.4, 0.5) is 0 Å². The predicted octanol–water partition coefficient (Wildman–Crippen LogP) is 0.887. The van der Waals surface area contributed by atoms with Crippen molar-refractivity contribution in [2.24, 2.45) is 5.73 Å². The van der Waals surface area contributed by atoms with Crippen LogP contribution in [0.1, 0.15) is 15.2 Å². The van der Waals surface area contributed by atoms with Gasteiger partial charge in [0, 0.05) is 16.5 Å². The van der Waals surface area contributed by atoms with Gasteiger partial charge in [-0.3, -0.25) is 4.79 Å². The molecule has 2 heterocycles. The van der Waals surface area contributed by atoms with Gasteiger partial charge in [0.1, 0.15) is 4.83 Å². The largest absolute Gasteiger partial charge is 0.391 e. The summed E-state index contributed by atoms with van der Waals surface area (Å²) in [5, 5.41) is 9.75. The first-order valence-corrected chi connectivity index (χ1v) is 4.81. The number of aromatic nitrogens is 1. The van der Waals surface area contributed by atoms with Gasteiger partial charge in [-0.05, 0) is 12.1 Å². The summed E-state index contributed by atoms with van der Waals surface area (Å²) in [6.45, 7) is -0.00701. The van der Waals surface area contributed by atoms with Crippen LogP contribution in [0.15, 0.2) is 18.3 Å². The van der Waals surface area contributed by atoms with Gasteiger partial charge < -0.3 is 10.8 Å². The third-order valence-corrected chi connectivity index (χ3v) is 2.91. The zero-order valence-corrected chi connectivity index (χ0v) is 8.04. The van der Waals surface area contributed by atoms with Crippen molar-refractivity contribution in [3.05, 3.63) is 28.8 Å². The third kappa shape index (κ3) is 1.47. The Morgan fingerprint density at radius 3 is 3.00 bits per heavy atom. The first kappa shape index (κ1) is 9.11. The Morgan fingerprint density at radius 2 is 2.36 bits per heavy atom. The number of thiophene rings is 1. The van der Waals surface area contributed by atoms with Crippen LogP contribution in [0, 0.1) is 0 Å². The zero-order chi connectivity index (χ0) is 10.1. The Hall–Kier alpha value is -1.46. The highest BCUT2D eigenvalue weighted by atomic mass is 32.1. The number of nitrogens with zero attached hydrogens (tertiary/aromatic N) is 1. The van der Waals surface area contributed by atoms with E-state index in [2.05, 4.69) is 4.98 Å². The lowest BCUT2D eigenvalue weighted by molar-refractivity contribution is 0.1000. The van der Waals surface area contributed by atoms with Gasteiger partial charge in [0.05, 0.1) is 12.2 Å². The van der Waals surface area contributed by atoms with Gasteiger partial charge in [-0.25, -0.2) is 4.98 Å². The Bertz CT molecular complexity index is 493. The molecule has 0 saturated carbocycles. The molecule has 72 valence electrons. The number of nitrogens with two attached hydrogens (primary N) is 1. The highest BCUT2D eigenvalue weighted by Crippen LogP contribution is 2.24. The molecule has 0 saturated heterocycles. The lowest BCUT2D eigenvalue weighted by Crippen LogP contribution is -2.10. The molecule has 4 nitrogen and oxygen atoms in total. The van der Waals surface area contributed by atoms with Gasteiger partial charge in [-0.1, -0.05) is 0 Å². The first-order valence-electron chi connectivity index (χ1n) is 4.00. The molecule has 1 amide bonds. The van der Waals surface area contributed by atoms with Gasteiger partial charge >= 0.3 is 0 Å². The lowest BCUT2D eigenvalue weighted by atomic mass is 10.2. The fraction of sp³-hybridized carbons (Fsp3) is 0.111. The van der Waals surface area contributed by atoms with Crippen molar-refractivity contribution >= 4 is 27.5 Å². The van der Waals surface area contributed by atoms with E-state index in [1.165, 1.54) is 17.5 Å². The van der Waals surface area contributed by atoms with Crippen molar-refractivity contribution < 1.29 is 9.90 Å². The van der Waals surface area contributed by atoms with E-state index in [0.29, 0.717) is 5.56 Å². The number of carbonyl (C=O) groups is 1. The normalized spacial score (nSPS) is 10.6. The number of carbonyl (C=O) groups excluding carboxylic acids is 1. The van der Waals surface area contributed by atoms with Gasteiger partial charge in [0.15, 0.2) is 0 Å². The van der Waals surface area contributed by atoms with E-state index < -0.39 is 5.91 Å². The number of pyridine rings is 1. The maximum absolute atomic E-state index is 10.9. The van der Waals surface area contributed by atoms with Crippen LogP contribution in [0.2, 0.25) is 0 Å². The van der Waals surface area contributed by atoms with Crippen LogP contribution in [0.3, 0.4) is 0 Å². The van der Waals surface area contributed by atoms with Crippen molar-refractivity contribution in [3.8, 4) is 0 Å². The van der Waals surface area contributed by atoms with Crippen LogP contribution in [-0.2, 0) is 6.61 Å². The summed E-state index contributed by atoms with van der Waals surface area (Å²) < 4.78 is 0. The van der Waals surface area contributed by atoms with E-state index in [9.17, 15) is 4.79 Å². The van der Waals surface area contributed by atoms with Gasteiger partial charge in [-0.2, -0.15) is 0 Å². The smallest absolute Gasteiger partial charge is 0.250 e. The molecule has 0 aromatic carbocycles. The summed E-state index contributed by atoms with van der Waals surface area (Å²) in [5.41, 5.74) is 5.51.